The number of nitrogens with zero attached hydrogens (tertiary/aromatic N) is 1. The predicted molar refractivity (Wildman–Crippen MR) is 75.3 cm³/mol. The van der Waals surface area contributed by atoms with Crippen LogP contribution in [0.4, 0.5) is 0 Å². The third kappa shape index (κ3) is 2.86. The second-order valence-electron chi connectivity index (χ2n) is 4.37. The van der Waals surface area contributed by atoms with Gasteiger partial charge in [-0.3, -0.25) is 0 Å². The van der Waals surface area contributed by atoms with Crippen molar-refractivity contribution in [1.82, 2.24) is 4.98 Å². The molecule has 2 aromatic carbocycles. The standard InChI is InChI=1S/C15H11NO4S/c17-21(18,19)13-8-6-12(7-9-13)15-16-10-14(20-15)11-4-2-1-3-5-11/h1-10H,(H,17,18,19)/p-1. The van der Waals surface area contributed by atoms with E-state index in [2.05, 4.69) is 4.98 Å². The minimum Gasteiger partial charge on any atom is -0.744 e. The Kier molecular flexibility index (Phi) is 3.32. The Morgan fingerprint density at radius 2 is 1.57 bits per heavy atom. The van der Waals surface area contributed by atoms with Gasteiger partial charge in [-0.25, -0.2) is 13.4 Å². The van der Waals surface area contributed by atoms with Crippen molar-refractivity contribution in [2.75, 3.05) is 0 Å². The van der Waals surface area contributed by atoms with E-state index in [4.69, 9.17) is 4.42 Å². The Labute approximate surface area is 121 Å². The lowest BCUT2D eigenvalue weighted by Crippen LogP contribution is -1.97. The second-order valence-corrected chi connectivity index (χ2v) is 5.75. The highest BCUT2D eigenvalue weighted by atomic mass is 32.2. The summed E-state index contributed by atoms with van der Waals surface area (Å²) in [7, 11) is -4.44. The lowest BCUT2D eigenvalue weighted by atomic mass is 10.2. The monoisotopic (exact) mass is 300 g/mol. The van der Waals surface area contributed by atoms with Crippen LogP contribution in [0.25, 0.3) is 22.8 Å². The van der Waals surface area contributed by atoms with Crippen LogP contribution < -0.4 is 0 Å². The highest BCUT2D eigenvalue weighted by Gasteiger charge is 2.09. The minimum atomic E-state index is -4.44. The first-order valence-corrected chi connectivity index (χ1v) is 7.52. The van der Waals surface area contributed by atoms with E-state index in [1.165, 1.54) is 24.3 Å². The van der Waals surface area contributed by atoms with Crippen LogP contribution >= 0.6 is 0 Å². The van der Waals surface area contributed by atoms with Gasteiger partial charge in [0.05, 0.1) is 11.1 Å². The topological polar surface area (TPSA) is 83.2 Å². The molecule has 0 aliphatic carbocycles. The van der Waals surface area contributed by atoms with E-state index in [0.717, 1.165) is 5.56 Å². The molecule has 106 valence electrons. The van der Waals surface area contributed by atoms with Gasteiger partial charge in [-0.2, -0.15) is 0 Å². The molecule has 0 unspecified atom stereocenters. The smallest absolute Gasteiger partial charge is 0.226 e. The van der Waals surface area contributed by atoms with Gasteiger partial charge in [0.15, 0.2) is 5.76 Å². The summed E-state index contributed by atoms with van der Waals surface area (Å²) in [5.41, 5.74) is 1.50. The maximum absolute atomic E-state index is 10.9. The number of hydrogen-bond donors (Lipinski definition) is 0. The van der Waals surface area contributed by atoms with E-state index in [-0.39, 0.29) is 4.90 Å². The maximum atomic E-state index is 10.9. The average molecular weight is 300 g/mol. The van der Waals surface area contributed by atoms with E-state index in [9.17, 15) is 13.0 Å². The Hall–Kier alpha value is -2.44. The molecule has 3 rings (SSSR count). The molecule has 0 aliphatic rings. The van der Waals surface area contributed by atoms with E-state index in [1.54, 1.807) is 6.20 Å². The molecule has 0 amide bonds. The zero-order valence-corrected chi connectivity index (χ0v) is 11.6. The predicted octanol–water partition coefficient (Wildman–Crippen LogP) is 2.91. The van der Waals surface area contributed by atoms with E-state index in [1.807, 2.05) is 30.3 Å². The van der Waals surface area contributed by atoms with Crippen molar-refractivity contribution >= 4 is 10.1 Å². The molecule has 0 aliphatic heterocycles. The fourth-order valence-electron chi connectivity index (χ4n) is 1.91. The van der Waals surface area contributed by atoms with Crippen molar-refractivity contribution in [3.8, 4) is 22.8 Å². The van der Waals surface area contributed by atoms with Gasteiger partial charge in [0, 0.05) is 11.1 Å². The summed E-state index contributed by atoms with van der Waals surface area (Å²) in [4.78, 5) is 3.88. The van der Waals surface area contributed by atoms with Crippen LogP contribution in [0.15, 0.2) is 70.1 Å². The second kappa shape index (κ2) is 5.16. The molecule has 0 bridgehead atoms. The average Bonchev–Trinajstić information content (AvgIpc) is 2.97. The maximum Gasteiger partial charge on any atom is 0.226 e. The molecule has 21 heavy (non-hydrogen) atoms. The van der Waals surface area contributed by atoms with E-state index >= 15 is 0 Å². The van der Waals surface area contributed by atoms with Crippen molar-refractivity contribution in [1.29, 1.82) is 0 Å². The molecular formula is C15H10NO4S-. The number of aromatic nitrogens is 1. The largest absolute Gasteiger partial charge is 0.744 e. The summed E-state index contributed by atoms with van der Waals surface area (Å²) < 4.78 is 38.3. The molecule has 0 radical (unpaired) electrons. The molecule has 0 N–H and O–H groups in total. The van der Waals surface area contributed by atoms with Gasteiger partial charge in [-0.15, -0.1) is 0 Å². The van der Waals surface area contributed by atoms with Crippen molar-refractivity contribution < 1.29 is 17.4 Å². The number of benzene rings is 2. The number of oxazole rings is 1. The van der Waals surface area contributed by atoms with Gasteiger partial charge in [-0.1, -0.05) is 30.3 Å². The van der Waals surface area contributed by atoms with Crippen molar-refractivity contribution in [2.45, 2.75) is 4.90 Å². The molecule has 0 fully saturated rings. The fourth-order valence-corrected chi connectivity index (χ4v) is 2.38. The minimum absolute atomic E-state index is 0.277. The van der Waals surface area contributed by atoms with Crippen molar-refractivity contribution in [3.05, 3.63) is 60.8 Å². The highest BCUT2D eigenvalue weighted by molar-refractivity contribution is 7.85. The lowest BCUT2D eigenvalue weighted by molar-refractivity contribution is 0.463. The Bertz CT molecular complexity index is 852. The van der Waals surface area contributed by atoms with Crippen molar-refractivity contribution in [3.63, 3.8) is 0 Å². The molecular weight excluding hydrogens is 290 g/mol. The normalized spacial score (nSPS) is 11.5. The van der Waals surface area contributed by atoms with Crippen LogP contribution in [0.5, 0.6) is 0 Å². The van der Waals surface area contributed by atoms with Gasteiger partial charge < -0.3 is 8.97 Å². The van der Waals surface area contributed by atoms with Gasteiger partial charge >= 0.3 is 0 Å². The zero-order valence-electron chi connectivity index (χ0n) is 10.8. The number of rotatable bonds is 3. The molecule has 6 heteroatoms. The van der Waals surface area contributed by atoms with Crippen molar-refractivity contribution in [2.24, 2.45) is 0 Å². The Balaban J connectivity index is 1.94. The third-order valence-electron chi connectivity index (χ3n) is 2.95. The van der Waals surface area contributed by atoms with Crippen LogP contribution in [0.1, 0.15) is 0 Å². The quantitative estimate of drug-likeness (QED) is 0.694. The molecule has 1 aromatic heterocycles. The summed E-state index contributed by atoms with van der Waals surface area (Å²) in [6, 6.07) is 15.0. The molecule has 1 heterocycles. The molecule has 0 saturated carbocycles. The molecule has 0 atom stereocenters. The Morgan fingerprint density at radius 1 is 0.905 bits per heavy atom. The fraction of sp³-hybridized carbons (Fsp3) is 0. The molecule has 3 aromatic rings. The zero-order chi connectivity index (χ0) is 14.9. The molecule has 0 spiro atoms. The van der Waals surface area contributed by atoms with Crippen LogP contribution in [-0.2, 0) is 10.1 Å². The van der Waals surface area contributed by atoms with Gasteiger partial charge in [-0.05, 0) is 24.3 Å². The van der Waals surface area contributed by atoms with Gasteiger partial charge in [0.1, 0.15) is 10.1 Å². The SMILES string of the molecule is O=S(=O)([O-])c1ccc(-c2ncc(-c3ccccc3)o2)cc1. The van der Waals surface area contributed by atoms with Crippen LogP contribution in [0, 0.1) is 0 Å². The number of hydrogen-bond acceptors (Lipinski definition) is 5. The molecule has 0 saturated heterocycles. The van der Waals surface area contributed by atoms with Crippen LogP contribution in [-0.4, -0.2) is 18.0 Å². The summed E-state index contributed by atoms with van der Waals surface area (Å²) in [5.74, 6) is 0.981. The first kappa shape index (κ1) is 13.5. The third-order valence-corrected chi connectivity index (χ3v) is 3.80. The first-order valence-electron chi connectivity index (χ1n) is 6.11. The van der Waals surface area contributed by atoms with Crippen LogP contribution in [0.3, 0.4) is 0 Å². The molecule has 5 nitrogen and oxygen atoms in total. The summed E-state index contributed by atoms with van der Waals surface area (Å²) in [6.45, 7) is 0. The first-order chi connectivity index (χ1) is 10.0. The van der Waals surface area contributed by atoms with Gasteiger partial charge in [0.25, 0.3) is 0 Å². The Morgan fingerprint density at radius 3 is 2.19 bits per heavy atom. The summed E-state index contributed by atoms with van der Waals surface area (Å²) in [6.07, 6.45) is 1.60. The van der Waals surface area contributed by atoms with Crippen LogP contribution in [0.2, 0.25) is 0 Å². The lowest BCUT2D eigenvalue weighted by Gasteiger charge is -2.06. The summed E-state index contributed by atoms with van der Waals surface area (Å²) in [5, 5.41) is 0. The van der Waals surface area contributed by atoms with E-state index < -0.39 is 10.1 Å². The van der Waals surface area contributed by atoms with Gasteiger partial charge in [0.2, 0.25) is 5.89 Å². The summed E-state index contributed by atoms with van der Waals surface area (Å²) >= 11 is 0. The highest BCUT2D eigenvalue weighted by Crippen LogP contribution is 2.26. The van der Waals surface area contributed by atoms with E-state index in [0.29, 0.717) is 17.2 Å².